The fourth-order valence-corrected chi connectivity index (χ4v) is 3.38. The highest BCUT2D eigenvalue weighted by molar-refractivity contribution is 5.83. The largest absolute Gasteiger partial charge is 0.319 e. The smallest absolute Gasteiger partial charge is 0.0159 e. The molecule has 0 atom stereocenters. The Labute approximate surface area is 121 Å². The molecule has 2 aromatic rings. The first-order chi connectivity index (χ1) is 9.76. The molecule has 0 spiro atoms. The number of fused-ring (bicyclic) bond motifs is 1. The van der Waals surface area contributed by atoms with Gasteiger partial charge in [0.1, 0.15) is 0 Å². The summed E-state index contributed by atoms with van der Waals surface area (Å²) in [7, 11) is 2.01. The van der Waals surface area contributed by atoms with E-state index in [0.717, 1.165) is 13.0 Å². The highest BCUT2D eigenvalue weighted by Crippen LogP contribution is 2.50. The van der Waals surface area contributed by atoms with Crippen molar-refractivity contribution < 1.29 is 0 Å². The van der Waals surface area contributed by atoms with Gasteiger partial charge in [-0.05, 0) is 49.2 Å². The third kappa shape index (κ3) is 2.16. The minimum absolute atomic E-state index is 0.237. The fraction of sp³-hybridized carbons (Fsp3) is 0.368. The second-order valence-corrected chi connectivity index (χ2v) is 5.95. The van der Waals surface area contributed by atoms with Crippen LogP contribution in [0.3, 0.4) is 0 Å². The SMILES string of the molecule is C=C(CCNC)C1(c2ccc3ccccc3c2)CCC1. The summed E-state index contributed by atoms with van der Waals surface area (Å²) in [5, 5.41) is 5.91. The van der Waals surface area contributed by atoms with Crippen molar-refractivity contribution in [3.63, 3.8) is 0 Å². The van der Waals surface area contributed by atoms with E-state index in [-0.39, 0.29) is 5.41 Å². The molecule has 0 aliphatic heterocycles. The Hall–Kier alpha value is -1.60. The van der Waals surface area contributed by atoms with Crippen LogP contribution in [-0.2, 0) is 5.41 Å². The van der Waals surface area contributed by atoms with Crippen LogP contribution in [0.15, 0.2) is 54.6 Å². The molecule has 0 radical (unpaired) electrons. The van der Waals surface area contributed by atoms with Crippen molar-refractivity contribution in [2.24, 2.45) is 0 Å². The lowest BCUT2D eigenvalue weighted by Crippen LogP contribution is -2.36. The number of hydrogen-bond donors (Lipinski definition) is 1. The van der Waals surface area contributed by atoms with E-state index in [9.17, 15) is 0 Å². The minimum Gasteiger partial charge on any atom is -0.319 e. The topological polar surface area (TPSA) is 12.0 Å². The van der Waals surface area contributed by atoms with Crippen molar-refractivity contribution in [3.8, 4) is 0 Å². The molecule has 2 aromatic carbocycles. The Morgan fingerprint density at radius 2 is 1.90 bits per heavy atom. The van der Waals surface area contributed by atoms with Crippen LogP contribution in [0.4, 0.5) is 0 Å². The summed E-state index contributed by atoms with van der Waals surface area (Å²) in [5.74, 6) is 0. The maximum absolute atomic E-state index is 4.40. The first-order valence-electron chi connectivity index (χ1n) is 7.58. The lowest BCUT2D eigenvalue weighted by atomic mass is 9.60. The van der Waals surface area contributed by atoms with E-state index in [1.807, 2.05) is 7.05 Å². The molecule has 1 aliphatic carbocycles. The van der Waals surface area contributed by atoms with Crippen LogP contribution < -0.4 is 5.32 Å². The van der Waals surface area contributed by atoms with Crippen molar-refractivity contribution in [3.05, 3.63) is 60.2 Å². The molecule has 0 aromatic heterocycles. The molecule has 20 heavy (non-hydrogen) atoms. The molecule has 1 fully saturated rings. The molecule has 1 nitrogen and oxygen atoms in total. The number of nitrogens with one attached hydrogen (secondary N) is 1. The first-order valence-corrected chi connectivity index (χ1v) is 7.58. The molecular formula is C19H23N. The molecule has 0 saturated heterocycles. The van der Waals surface area contributed by atoms with E-state index in [2.05, 4.69) is 54.4 Å². The van der Waals surface area contributed by atoms with E-state index in [4.69, 9.17) is 0 Å². The van der Waals surface area contributed by atoms with Gasteiger partial charge in [0.05, 0.1) is 0 Å². The predicted molar refractivity (Wildman–Crippen MR) is 87.2 cm³/mol. The Kier molecular flexibility index (Phi) is 3.62. The van der Waals surface area contributed by atoms with Gasteiger partial charge in [0.2, 0.25) is 0 Å². The molecular weight excluding hydrogens is 242 g/mol. The van der Waals surface area contributed by atoms with Crippen molar-refractivity contribution >= 4 is 10.8 Å². The van der Waals surface area contributed by atoms with Crippen molar-refractivity contribution in [2.45, 2.75) is 31.1 Å². The lowest BCUT2D eigenvalue weighted by molar-refractivity contribution is 0.288. The Morgan fingerprint density at radius 1 is 1.15 bits per heavy atom. The Morgan fingerprint density at radius 3 is 2.55 bits per heavy atom. The molecule has 0 bridgehead atoms. The van der Waals surface area contributed by atoms with Gasteiger partial charge in [0, 0.05) is 5.41 Å². The van der Waals surface area contributed by atoms with Gasteiger partial charge in [0.15, 0.2) is 0 Å². The summed E-state index contributed by atoms with van der Waals surface area (Å²) in [4.78, 5) is 0. The molecule has 1 aliphatic rings. The highest BCUT2D eigenvalue weighted by atomic mass is 14.8. The van der Waals surface area contributed by atoms with E-state index in [1.54, 1.807) is 0 Å². The van der Waals surface area contributed by atoms with Crippen LogP contribution in [-0.4, -0.2) is 13.6 Å². The molecule has 0 unspecified atom stereocenters. The Balaban J connectivity index is 1.96. The van der Waals surface area contributed by atoms with Gasteiger partial charge in [-0.25, -0.2) is 0 Å². The van der Waals surface area contributed by atoms with Gasteiger partial charge in [-0.3, -0.25) is 0 Å². The maximum Gasteiger partial charge on any atom is 0.0159 e. The third-order valence-corrected chi connectivity index (χ3v) is 4.86. The van der Waals surface area contributed by atoms with E-state index in [0.29, 0.717) is 0 Å². The zero-order valence-corrected chi connectivity index (χ0v) is 12.3. The van der Waals surface area contributed by atoms with Crippen molar-refractivity contribution in [2.75, 3.05) is 13.6 Å². The van der Waals surface area contributed by atoms with Crippen LogP contribution in [0.2, 0.25) is 0 Å². The predicted octanol–water partition coefficient (Wildman–Crippen LogP) is 4.43. The molecule has 104 valence electrons. The molecule has 1 heteroatoms. The number of hydrogen-bond acceptors (Lipinski definition) is 1. The summed E-state index contributed by atoms with van der Waals surface area (Å²) in [6.45, 7) is 5.42. The number of benzene rings is 2. The van der Waals surface area contributed by atoms with E-state index in [1.165, 1.54) is 41.2 Å². The van der Waals surface area contributed by atoms with Gasteiger partial charge in [0.25, 0.3) is 0 Å². The van der Waals surface area contributed by atoms with Gasteiger partial charge in [-0.2, -0.15) is 0 Å². The second kappa shape index (κ2) is 5.41. The Bertz CT molecular complexity index is 622. The van der Waals surface area contributed by atoms with Crippen LogP contribution in [0, 0.1) is 0 Å². The highest BCUT2D eigenvalue weighted by Gasteiger charge is 2.40. The average molecular weight is 265 g/mol. The summed E-state index contributed by atoms with van der Waals surface area (Å²) < 4.78 is 0. The summed E-state index contributed by atoms with van der Waals surface area (Å²) >= 11 is 0. The minimum atomic E-state index is 0.237. The summed E-state index contributed by atoms with van der Waals surface area (Å²) in [5.41, 5.74) is 3.10. The molecule has 0 heterocycles. The van der Waals surface area contributed by atoms with Crippen LogP contribution in [0.5, 0.6) is 0 Å². The van der Waals surface area contributed by atoms with Gasteiger partial charge < -0.3 is 5.32 Å². The summed E-state index contributed by atoms with van der Waals surface area (Å²) in [6, 6.07) is 15.6. The monoisotopic (exact) mass is 265 g/mol. The van der Waals surface area contributed by atoms with Gasteiger partial charge in [-0.15, -0.1) is 0 Å². The van der Waals surface area contributed by atoms with Gasteiger partial charge in [-0.1, -0.05) is 61.0 Å². The quantitative estimate of drug-likeness (QED) is 0.789. The lowest BCUT2D eigenvalue weighted by Gasteiger charge is -2.44. The standard InChI is InChI=1S/C19H23N/c1-15(10-13-20-2)19(11-5-12-19)18-9-8-16-6-3-4-7-17(16)14-18/h3-4,6-9,14,20H,1,5,10-13H2,2H3. The zero-order chi connectivity index (χ0) is 14.0. The molecule has 3 rings (SSSR count). The van der Waals surface area contributed by atoms with Crippen LogP contribution >= 0.6 is 0 Å². The molecule has 0 amide bonds. The average Bonchev–Trinajstić information content (AvgIpc) is 2.44. The van der Waals surface area contributed by atoms with Crippen molar-refractivity contribution in [1.29, 1.82) is 0 Å². The third-order valence-electron chi connectivity index (χ3n) is 4.86. The van der Waals surface area contributed by atoms with Gasteiger partial charge >= 0.3 is 0 Å². The normalized spacial score (nSPS) is 16.9. The second-order valence-electron chi connectivity index (χ2n) is 5.95. The van der Waals surface area contributed by atoms with E-state index < -0.39 is 0 Å². The molecule has 1 N–H and O–H groups in total. The first kappa shape index (κ1) is 13.4. The van der Waals surface area contributed by atoms with Crippen LogP contribution in [0.1, 0.15) is 31.2 Å². The zero-order valence-electron chi connectivity index (χ0n) is 12.3. The van der Waals surface area contributed by atoms with Crippen molar-refractivity contribution in [1.82, 2.24) is 5.32 Å². The number of rotatable bonds is 5. The molecule has 1 saturated carbocycles. The maximum atomic E-state index is 4.40. The van der Waals surface area contributed by atoms with Crippen LogP contribution in [0.25, 0.3) is 10.8 Å². The van der Waals surface area contributed by atoms with E-state index >= 15 is 0 Å². The fourth-order valence-electron chi connectivity index (χ4n) is 3.38. The summed E-state index contributed by atoms with van der Waals surface area (Å²) in [6.07, 6.45) is 4.91.